The number of aryl methyl sites for hydroxylation is 1. The maximum Gasteiger partial charge on any atom is 0.240 e. The molecule has 1 N–H and O–H groups in total. The SMILES string of the molecule is Cc1ccc(C(=O)CNS(=O)(=O)c2ccc(Cl)cc2)cc1. The first-order valence-electron chi connectivity index (χ1n) is 6.23. The van der Waals surface area contributed by atoms with E-state index in [0.29, 0.717) is 10.6 Å². The highest BCUT2D eigenvalue weighted by atomic mass is 35.5. The zero-order valence-electron chi connectivity index (χ0n) is 11.3. The summed E-state index contributed by atoms with van der Waals surface area (Å²) in [6.07, 6.45) is 0. The molecule has 0 atom stereocenters. The lowest BCUT2D eigenvalue weighted by atomic mass is 10.1. The number of nitrogens with one attached hydrogen (secondary N) is 1. The van der Waals surface area contributed by atoms with Gasteiger partial charge >= 0.3 is 0 Å². The van der Waals surface area contributed by atoms with Crippen LogP contribution in [0.3, 0.4) is 0 Å². The number of hydrogen-bond donors (Lipinski definition) is 1. The molecule has 0 saturated carbocycles. The minimum atomic E-state index is -3.72. The molecule has 2 aromatic rings. The number of benzene rings is 2. The Kier molecular flexibility index (Phi) is 4.77. The van der Waals surface area contributed by atoms with Crippen molar-refractivity contribution >= 4 is 27.4 Å². The lowest BCUT2D eigenvalue weighted by Crippen LogP contribution is -2.29. The van der Waals surface area contributed by atoms with E-state index in [2.05, 4.69) is 4.72 Å². The second kappa shape index (κ2) is 6.39. The molecule has 0 radical (unpaired) electrons. The van der Waals surface area contributed by atoms with E-state index in [0.717, 1.165) is 5.56 Å². The highest BCUT2D eigenvalue weighted by Gasteiger charge is 2.16. The molecule has 0 unspecified atom stereocenters. The second-order valence-electron chi connectivity index (χ2n) is 4.57. The van der Waals surface area contributed by atoms with Crippen molar-refractivity contribution in [3.8, 4) is 0 Å². The Labute approximate surface area is 128 Å². The van der Waals surface area contributed by atoms with Crippen LogP contribution in [0, 0.1) is 6.92 Å². The van der Waals surface area contributed by atoms with Crippen LogP contribution in [0.5, 0.6) is 0 Å². The fourth-order valence-electron chi connectivity index (χ4n) is 1.70. The monoisotopic (exact) mass is 323 g/mol. The minimum Gasteiger partial charge on any atom is -0.293 e. The summed E-state index contributed by atoms with van der Waals surface area (Å²) in [5.74, 6) is -0.285. The number of Topliss-reactive ketones (excluding diaryl/α,β-unsaturated/α-hetero) is 1. The van der Waals surface area contributed by atoms with Crippen molar-refractivity contribution in [2.24, 2.45) is 0 Å². The number of sulfonamides is 1. The van der Waals surface area contributed by atoms with Gasteiger partial charge in [0.1, 0.15) is 0 Å². The molecule has 0 aromatic heterocycles. The normalized spacial score (nSPS) is 11.3. The van der Waals surface area contributed by atoms with Crippen LogP contribution in [-0.2, 0) is 10.0 Å². The van der Waals surface area contributed by atoms with E-state index in [4.69, 9.17) is 11.6 Å². The molecule has 110 valence electrons. The van der Waals surface area contributed by atoms with E-state index >= 15 is 0 Å². The van der Waals surface area contributed by atoms with E-state index in [1.54, 1.807) is 24.3 Å². The maximum atomic E-state index is 12.0. The van der Waals surface area contributed by atoms with Crippen molar-refractivity contribution < 1.29 is 13.2 Å². The van der Waals surface area contributed by atoms with Gasteiger partial charge in [-0.25, -0.2) is 13.1 Å². The van der Waals surface area contributed by atoms with Gasteiger partial charge in [-0.2, -0.15) is 0 Å². The predicted octanol–water partition coefficient (Wildman–Crippen LogP) is 2.81. The van der Waals surface area contributed by atoms with Crippen molar-refractivity contribution in [3.63, 3.8) is 0 Å². The zero-order chi connectivity index (χ0) is 15.5. The Balaban J connectivity index is 2.06. The van der Waals surface area contributed by atoms with E-state index in [9.17, 15) is 13.2 Å². The van der Waals surface area contributed by atoms with Gasteiger partial charge in [0.15, 0.2) is 5.78 Å². The summed E-state index contributed by atoms with van der Waals surface area (Å²) in [5.41, 5.74) is 1.51. The molecule has 4 nitrogen and oxygen atoms in total. The van der Waals surface area contributed by atoms with Crippen LogP contribution < -0.4 is 4.72 Å². The third-order valence-corrected chi connectivity index (χ3v) is 4.59. The quantitative estimate of drug-likeness (QED) is 0.861. The Hall–Kier alpha value is -1.69. The summed E-state index contributed by atoms with van der Waals surface area (Å²) in [6.45, 7) is 1.63. The third kappa shape index (κ3) is 4.14. The molecule has 0 bridgehead atoms. The van der Waals surface area contributed by atoms with E-state index in [1.807, 2.05) is 6.92 Å². The summed E-state index contributed by atoms with van der Waals surface area (Å²) >= 11 is 5.71. The maximum absolute atomic E-state index is 12.0. The molecule has 0 heterocycles. The average molecular weight is 324 g/mol. The van der Waals surface area contributed by atoms with Crippen molar-refractivity contribution in [2.45, 2.75) is 11.8 Å². The molecule has 0 fully saturated rings. The average Bonchev–Trinajstić information content (AvgIpc) is 2.46. The largest absolute Gasteiger partial charge is 0.293 e. The van der Waals surface area contributed by atoms with Gasteiger partial charge in [-0.3, -0.25) is 4.79 Å². The Bertz CT molecular complexity index is 737. The van der Waals surface area contributed by atoms with Gasteiger partial charge in [-0.05, 0) is 31.2 Å². The minimum absolute atomic E-state index is 0.0728. The molecular formula is C15H14ClNO3S. The lowest BCUT2D eigenvalue weighted by molar-refractivity contribution is 0.0997. The van der Waals surface area contributed by atoms with Crippen molar-refractivity contribution in [2.75, 3.05) is 6.54 Å². The molecule has 0 saturated heterocycles. The number of carbonyl (C=O) groups excluding carboxylic acids is 1. The van der Waals surface area contributed by atoms with Crippen LogP contribution in [0.4, 0.5) is 0 Å². The van der Waals surface area contributed by atoms with Crippen molar-refractivity contribution in [1.82, 2.24) is 4.72 Å². The summed E-state index contributed by atoms with van der Waals surface area (Å²) < 4.78 is 26.3. The summed E-state index contributed by atoms with van der Waals surface area (Å²) in [4.78, 5) is 12.0. The smallest absolute Gasteiger partial charge is 0.240 e. The van der Waals surface area contributed by atoms with Gasteiger partial charge < -0.3 is 0 Å². The molecule has 0 amide bonds. The molecule has 21 heavy (non-hydrogen) atoms. The van der Waals surface area contributed by atoms with Gasteiger partial charge in [0, 0.05) is 10.6 Å². The molecular weight excluding hydrogens is 310 g/mol. The molecule has 2 rings (SSSR count). The first kappa shape index (κ1) is 15.7. The number of ketones is 1. The molecule has 0 aliphatic carbocycles. The predicted molar refractivity (Wildman–Crippen MR) is 82.2 cm³/mol. The molecule has 0 aliphatic heterocycles. The Morgan fingerprint density at radius 2 is 1.62 bits per heavy atom. The van der Waals surface area contributed by atoms with Crippen LogP contribution in [0.25, 0.3) is 0 Å². The standard InChI is InChI=1S/C15H14ClNO3S/c1-11-2-4-12(5-3-11)15(18)10-17-21(19,20)14-8-6-13(16)7-9-14/h2-9,17H,10H2,1H3. The summed E-state index contributed by atoms with van der Waals surface area (Å²) in [5, 5.41) is 0.449. The van der Waals surface area contributed by atoms with E-state index in [-0.39, 0.29) is 17.2 Å². The molecule has 2 aromatic carbocycles. The number of carbonyl (C=O) groups is 1. The van der Waals surface area contributed by atoms with Crippen molar-refractivity contribution in [3.05, 3.63) is 64.7 Å². The molecule has 6 heteroatoms. The second-order valence-corrected chi connectivity index (χ2v) is 6.77. The first-order chi connectivity index (χ1) is 9.88. The van der Waals surface area contributed by atoms with E-state index in [1.165, 1.54) is 24.3 Å². The number of hydrogen-bond acceptors (Lipinski definition) is 3. The highest BCUT2D eigenvalue weighted by molar-refractivity contribution is 7.89. The van der Waals surface area contributed by atoms with Gasteiger partial charge in [0.05, 0.1) is 11.4 Å². The fraction of sp³-hybridized carbons (Fsp3) is 0.133. The third-order valence-electron chi connectivity index (χ3n) is 2.92. The van der Waals surface area contributed by atoms with Crippen molar-refractivity contribution in [1.29, 1.82) is 0 Å². The topological polar surface area (TPSA) is 63.2 Å². The molecule has 0 aliphatic rings. The Morgan fingerprint density at radius 1 is 1.05 bits per heavy atom. The number of rotatable bonds is 5. The highest BCUT2D eigenvalue weighted by Crippen LogP contribution is 2.14. The van der Waals surface area contributed by atoms with Crippen LogP contribution in [0.1, 0.15) is 15.9 Å². The van der Waals surface area contributed by atoms with Crippen LogP contribution in [-0.4, -0.2) is 20.7 Å². The fourth-order valence-corrected chi connectivity index (χ4v) is 2.81. The van der Waals surface area contributed by atoms with Crippen LogP contribution >= 0.6 is 11.6 Å². The van der Waals surface area contributed by atoms with Gasteiger partial charge in [-0.15, -0.1) is 0 Å². The first-order valence-corrected chi connectivity index (χ1v) is 8.10. The van der Waals surface area contributed by atoms with E-state index < -0.39 is 10.0 Å². The van der Waals surface area contributed by atoms with Gasteiger partial charge in [-0.1, -0.05) is 41.4 Å². The zero-order valence-corrected chi connectivity index (χ0v) is 12.9. The lowest BCUT2D eigenvalue weighted by Gasteiger charge is -2.06. The molecule has 0 spiro atoms. The van der Waals surface area contributed by atoms with Gasteiger partial charge in [0.25, 0.3) is 0 Å². The summed E-state index contributed by atoms with van der Waals surface area (Å²) in [6, 6.07) is 12.7. The Morgan fingerprint density at radius 3 is 2.19 bits per heavy atom. The number of halogens is 1. The van der Waals surface area contributed by atoms with Crippen LogP contribution in [0.2, 0.25) is 5.02 Å². The van der Waals surface area contributed by atoms with Crippen LogP contribution in [0.15, 0.2) is 53.4 Å². The van der Waals surface area contributed by atoms with Gasteiger partial charge in [0.2, 0.25) is 10.0 Å². The summed E-state index contributed by atoms with van der Waals surface area (Å²) in [7, 11) is -3.72.